The molecule has 3 aromatic rings. The van der Waals surface area contributed by atoms with Crippen LogP contribution in [0.4, 0.5) is 9.59 Å². The van der Waals surface area contributed by atoms with Crippen LogP contribution >= 0.6 is 0 Å². The summed E-state index contributed by atoms with van der Waals surface area (Å²) in [5, 5.41) is 11.4. The van der Waals surface area contributed by atoms with Gasteiger partial charge in [-0.2, -0.15) is 5.10 Å². The molecule has 9 nitrogen and oxygen atoms in total. The predicted octanol–water partition coefficient (Wildman–Crippen LogP) is 4.94. The molecular weight excluding hydrogens is 446 g/mol. The number of hydrogen-bond donors (Lipinski definition) is 2. The average molecular weight is 480 g/mol. The van der Waals surface area contributed by atoms with E-state index in [1.807, 2.05) is 65.8 Å². The van der Waals surface area contributed by atoms with Crippen molar-refractivity contribution in [1.82, 2.24) is 25.4 Å². The molecule has 1 aromatic carbocycles. The fourth-order valence-corrected chi connectivity index (χ4v) is 4.05. The maximum atomic E-state index is 12.6. The Labute approximate surface area is 205 Å². The lowest BCUT2D eigenvalue weighted by Crippen LogP contribution is -2.40. The van der Waals surface area contributed by atoms with E-state index in [0.29, 0.717) is 31.7 Å². The number of nitrogens with one attached hydrogen (secondary N) is 2. The van der Waals surface area contributed by atoms with Gasteiger partial charge < -0.3 is 19.7 Å². The number of benzene rings is 1. The van der Waals surface area contributed by atoms with Crippen LogP contribution in [-0.2, 0) is 29.0 Å². The molecule has 2 N–H and O–H groups in total. The summed E-state index contributed by atoms with van der Waals surface area (Å²) in [4.78, 5) is 30.9. The Morgan fingerprint density at radius 3 is 2.57 bits per heavy atom. The Kier molecular flexibility index (Phi) is 6.44. The highest BCUT2D eigenvalue weighted by molar-refractivity contribution is 5.94. The molecule has 3 heterocycles. The van der Waals surface area contributed by atoms with Gasteiger partial charge in [0.2, 0.25) is 0 Å². The van der Waals surface area contributed by atoms with Crippen molar-refractivity contribution >= 4 is 23.2 Å². The number of amides is 2. The van der Waals surface area contributed by atoms with Gasteiger partial charge in [0.05, 0.1) is 11.9 Å². The second kappa shape index (κ2) is 9.20. The Balaban J connectivity index is 1.57. The van der Waals surface area contributed by atoms with E-state index < -0.39 is 17.3 Å². The number of aromatic nitrogens is 3. The van der Waals surface area contributed by atoms with Gasteiger partial charge in [-0.3, -0.25) is 5.10 Å². The van der Waals surface area contributed by atoms with Gasteiger partial charge in [0, 0.05) is 24.8 Å². The van der Waals surface area contributed by atoms with Crippen LogP contribution in [-0.4, -0.2) is 50.0 Å². The molecule has 35 heavy (non-hydrogen) atoms. The predicted molar refractivity (Wildman–Crippen MR) is 133 cm³/mol. The standard InChI is InChI=1S/C26H33N5O4/c1-25(2,3)34-23(32)28-13-16-8-7-9-17(12-16)21-20-19-10-11-31(24(33)35-26(4,5)6)15-18(19)14-27-22(20)30-29-21/h7-9,12,14H,10-11,13,15H2,1-6H3,(H,28,32)(H,27,29,30). The van der Waals surface area contributed by atoms with Gasteiger partial charge in [0.1, 0.15) is 16.9 Å². The van der Waals surface area contributed by atoms with Crippen LogP contribution in [0.5, 0.6) is 0 Å². The van der Waals surface area contributed by atoms with Gasteiger partial charge in [0.25, 0.3) is 0 Å². The van der Waals surface area contributed by atoms with Gasteiger partial charge in [-0.25, -0.2) is 14.6 Å². The zero-order valence-corrected chi connectivity index (χ0v) is 21.2. The van der Waals surface area contributed by atoms with Gasteiger partial charge >= 0.3 is 12.2 Å². The van der Waals surface area contributed by atoms with Crippen molar-refractivity contribution in [3.63, 3.8) is 0 Å². The quantitative estimate of drug-likeness (QED) is 0.551. The van der Waals surface area contributed by atoms with E-state index >= 15 is 0 Å². The SMILES string of the molecule is CC(C)(C)OC(=O)NCc1cccc(-c2n[nH]c3ncc4c(c23)CCN(C(=O)OC(C)(C)C)C4)c1. The van der Waals surface area contributed by atoms with Crippen molar-refractivity contribution in [1.29, 1.82) is 0 Å². The molecule has 1 aliphatic heterocycles. The number of hydrogen-bond acceptors (Lipinski definition) is 6. The molecule has 0 bridgehead atoms. The first-order valence-electron chi connectivity index (χ1n) is 11.8. The molecule has 0 unspecified atom stereocenters. The molecule has 186 valence electrons. The minimum absolute atomic E-state index is 0.319. The zero-order valence-electron chi connectivity index (χ0n) is 21.2. The van der Waals surface area contributed by atoms with E-state index in [0.717, 1.165) is 33.3 Å². The smallest absolute Gasteiger partial charge is 0.410 e. The maximum Gasteiger partial charge on any atom is 0.410 e. The molecule has 0 fully saturated rings. The summed E-state index contributed by atoms with van der Waals surface area (Å²) < 4.78 is 10.9. The van der Waals surface area contributed by atoms with Crippen LogP contribution in [0.2, 0.25) is 0 Å². The molecule has 1 aliphatic rings. The van der Waals surface area contributed by atoms with E-state index in [1.54, 1.807) is 11.1 Å². The van der Waals surface area contributed by atoms with Crippen molar-refractivity contribution in [2.24, 2.45) is 0 Å². The third-order valence-corrected chi connectivity index (χ3v) is 5.47. The number of fused-ring (bicyclic) bond motifs is 3. The summed E-state index contributed by atoms with van der Waals surface area (Å²) >= 11 is 0. The Hall–Kier alpha value is -3.62. The normalized spacial score (nSPS) is 13.9. The molecule has 0 radical (unpaired) electrons. The minimum atomic E-state index is -0.551. The number of aromatic amines is 1. The molecule has 2 aromatic heterocycles. The van der Waals surface area contributed by atoms with Crippen LogP contribution in [0, 0.1) is 0 Å². The molecule has 0 aliphatic carbocycles. The van der Waals surface area contributed by atoms with Crippen molar-refractivity contribution < 1.29 is 19.1 Å². The van der Waals surface area contributed by atoms with Gasteiger partial charge in [0.15, 0.2) is 5.65 Å². The summed E-state index contributed by atoms with van der Waals surface area (Å²) in [5.41, 5.74) is 4.39. The molecule has 0 saturated heterocycles. The highest BCUT2D eigenvalue weighted by atomic mass is 16.6. The third-order valence-electron chi connectivity index (χ3n) is 5.47. The first-order chi connectivity index (χ1) is 16.4. The zero-order chi connectivity index (χ0) is 25.4. The number of carbonyl (C=O) groups excluding carboxylic acids is 2. The van der Waals surface area contributed by atoms with Gasteiger partial charge in [-0.05, 0) is 70.7 Å². The number of H-pyrrole nitrogens is 1. The minimum Gasteiger partial charge on any atom is -0.444 e. The number of rotatable bonds is 3. The van der Waals surface area contributed by atoms with Gasteiger partial charge in [-0.1, -0.05) is 18.2 Å². The summed E-state index contributed by atoms with van der Waals surface area (Å²) in [5.74, 6) is 0. The number of pyridine rings is 1. The summed E-state index contributed by atoms with van der Waals surface area (Å²) in [6, 6.07) is 7.88. The summed E-state index contributed by atoms with van der Waals surface area (Å²) in [7, 11) is 0. The number of nitrogens with zero attached hydrogens (tertiary/aromatic N) is 3. The molecular formula is C26H33N5O4. The molecule has 4 rings (SSSR count). The summed E-state index contributed by atoms with van der Waals surface area (Å²) in [6.07, 6.45) is 1.71. The lowest BCUT2D eigenvalue weighted by atomic mass is 9.95. The van der Waals surface area contributed by atoms with Crippen LogP contribution in [0.3, 0.4) is 0 Å². The van der Waals surface area contributed by atoms with Crippen LogP contribution in [0.1, 0.15) is 58.2 Å². The van der Waals surface area contributed by atoms with Crippen molar-refractivity contribution in [3.05, 3.63) is 47.2 Å². The first kappa shape index (κ1) is 24.5. The first-order valence-corrected chi connectivity index (χ1v) is 11.8. The lowest BCUT2D eigenvalue weighted by molar-refractivity contribution is 0.0224. The fourth-order valence-electron chi connectivity index (χ4n) is 4.05. The van der Waals surface area contributed by atoms with Crippen LogP contribution in [0.15, 0.2) is 30.5 Å². The molecule has 0 saturated carbocycles. The average Bonchev–Trinajstić information content (AvgIpc) is 3.20. The highest BCUT2D eigenvalue weighted by Crippen LogP contribution is 2.33. The van der Waals surface area contributed by atoms with E-state index in [1.165, 1.54) is 0 Å². The molecule has 2 amide bonds. The second-order valence-electron chi connectivity index (χ2n) is 10.8. The number of alkyl carbamates (subject to hydrolysis) is 1. The Morgan fingerprint density at radius 2 is 1.86 bits per heavy atom. The van der Waals surface area contributed by atoms with E-state index in [2.05, 4.69) is 20.5 Å². The van der Waals surface area contributed by atoms with Crippen LogP contribution in [0.25, 0.3) is 22.3 Å². The maximum absolute atomic E-state index is 12.6. The van der Waals surface area contributed by atoms with Crippen LogP contribution < -0.4 is 5.32 Å². The van der Waals surface area contributed by atoms with Gasteiger partial charge in [-0.15, -0.1) is 0 Å². The number of carbonyl (C=O) groups is 2. The lowest BCUT2D eigenvalue weighted by Gasteiger charge is -2.31. The highest BCUT2D eigenvalue weighted by Gasteiger charge is 2.28. The molecule has 0 spiro atoms. The third kappa shape index (κ3) is 5.90. The largest absolute Gasteiger partial charge is 0.444 e. The number of ether oxygens (including phenoxy) is 2. The van der Waals surface area contributed by atoms with E-state index in [-0.39, 0.29) is 6.09 Å². The summed E-state index contributed by atoms with van der Waals surface area (Å²) in [6.45, 7) is 12.4. The van der Waals surface area contributed by atoms with E-state index in [9.17, 15) is 9.59 Å². The van der Waals surface area contributed by atoms with Crippen molar-refractivity contribution in [3.8, 4) is 11.3 Å². The molecule has 9 heteroatoms. The second-order valence-corrected chi connectivity index (χ2v) is 10.8. The Morgan fingerprint density at radius 1 is 1.11 bits per heavy atom. The fraction of sp³-hybridized carbons (Fsp3) is 0.462. The van der Waals surface area contributed by atoms with Crippen molar-refractivity contribution in [2.75, 3.05) is 6.54 Å². The van der Waals surface area contributed by atoms with Crippen molar-refractivity contribution in [2.45, 2.75) is 72.3 Å². The monoisotopic (exact) mass is 479 g/mol. The topological polar surface area (TPSA) is 109 Å². The van der Waals surface area contributed by atoms with E-state index in [4.69, 9.17) is 9.47 Å². The Bertz CT molecular complexity index is 1250. The molecule has 0 atom stereocenters.